The average Bonchev–Trinajstić information content (AvgIpc) is 2.61. The summed E-state index contributed by atoms with van der Waals surface area (Å²) in [6.45, 7) is 2.71. The van der Waals surface area contributed by atoms with E-state index in [2.05, 4.69) is 10.5 Å². The summed E-state index contributed by atoms with van der Waals surface area (Å²) in [6, 6.07) is 14.3. The zero-order chi connectivity index (χ0) is 16.5. The predicted octanol–water partition coefficient (Wildman–Crippen LogP) is 3.25. The second kappa shape index (κ2) is 8.58. The highest BCUT2D eigenvalue weighted by Gasteiger charge is 2.04. The zero-order valence-electron chi connectivity index (χ0n) is 13.3. The Morgan fingerprint density at radius 1 is 1.09 bits per heavy atom. The molecule has 120 valence electrons. The maximum Gasteiger partial charge on any atom is 0.271 e. The maximum absolute atomic E-state index is 12.0. The van der Waals surface area contributed by atoms with E-state index in [1.54, 1.807) is 37.6 Å². The van der Waals surface area contributed by atoms with Crippen LogP contribution in [0.2, 0.25) is 0 Å². The van der Waals surface area contributed by atoms with Crippen LogP contribution in [0.25, 0.3) is 0 Å². The quantitative estimate of drug-likeness (QED) is 0.630. The number of amides is 1. The monoisotopic (exact) mass is 312 g/mol. The number of hydrogen-bond donors (Lipinski definition) is 1. The van der Waals surface area contributed by atoms with E-state index in [1.165, 1.54) is 0 Å². The van der Waals surface area contributed by atoms with Crippen LogP contribution >= 0.6 is 0 Å². The average molecular weight is 312 g/mol. The van der Waals surface area contributed by atoms with Gasteiger partial charge in [-0.15, -0.1) is 0 Å². The topological polar surface area (TPSA) is 59.9 Å². The van der Waals surface area contributed by atoms with Crippen molar-refractivity contribution in [1.29, 1.82) is 0 Å². The SMILES string of the molecule is CCCOc1ccc(C(=O)N/N=C\c2ccc(OC)cc2)cc1. The number of benzene rings is 2. The minimum atomic E-state index is -0.267. The number of hydrazone groups is 1. The summed E-state index contributed by atoms with van der Waals surface area (Å²) in [5, 5.41) is 3.95. The van der Waals surface area contributed by atoms with Crippen molar-refractivity contribution in [1.82, 2.24) is 5.43 Å². The number of carbonyl (C=O) groups excluding carboxylic acids is 1. The first kappa shape index (κ1) is 16.5. The summed E-state index contributed by atoms with van der Waals surface area (Å²) in [5.74, 6) is 1.26. The Morgan fingerprint density at radius 2 is 1.74 bits per heavy atom. The van der Waals surface area contributed by atoms with E-state index in [-0.39, 0.29) is 5.91 Å². The van der Waals surface area contributed by atoms with Crippen molar-refractivity contribution in [3.05, 3.63) is 59.7 Å². The van der Waals surface area contributed by atoms with Gasteiger partial charge < -0.3 is 9.47 Å². The molecule has 2 aromatic rings. The zero-order valence-corrected chi connectivity index (χ0v) is 13.3. The van der Waals surface area contributed by atoms with Gasteiger partial charge in [0, 0.05) is 5.56 Å². The van der Waals surface area contributed by atoms with Crippen molar-refractivity contribution in [3.8, 4) is 11.5 Å². The number of methoxy groups -OCH3 is 1. The first-order valence-corrected chi connectivity index (χ1v) is 7.43. The van der Waals surface area contributed by atoms with Crippen LogP contribution in [-0.4, -0.2) is 25.8 Å². The Hall–Kier alpha value is -2.82. The summed E-state index contributed by atoms with van der Waals surface area (Å²) < 4.78 is 10.6. The Bertz CT molecular complexity index is 649. The lowest BCUT2D eigenvalue weighted by atomic mass is 10.2. The van der Waals surface area contributed by atoms with E-state index in [9.17, 15) is 4.79 Å². The molecule has 0 aliphatic heterocycles. The van der Waals surface area contributed by atoms with Gasteiger partial charge in [0.1, 0.15) is 11.5 Å². The van der Waals surface area contributed by atoms with Gasteiger partial charge in [-0.25, -0.2) is 5.43 Å². The summed E-state index contributed by atoms with van der Waals surface area (Å²) in [4.78, 5) is 12.0. The summed E-state index contributed by atoms with van der Waals surface area (Å²) in [7, 11) is 1.61. The van der Waals surface area contributed by atoms with E-state index >= 15 is 0 Å². The third-order valence-corrected chi connectivity index (χ3v) is 3.08. The van der Waals surface area contributed by atoms with Crippen LogP contribution in [0.5, 0.6) is 11.5 Å². The number of rotatable bonds is 7. The minimum Gasteiger partial charge on any atom is -0.497 e. The molecule has 23 heavy (non-hydrogen) atoms. The number of carbonyl (C=O) groups is 1. The lowest BCUT2D eigenvalue weighted by molar-refractivity contribution is 0.0955. The fourth-order valence-electron chi connectivity index (χ4n) is 1.84. The lowest BCUT2D eigenvalue weighted by Gasteiger charge is -2.05. The van der Waals surface area contributed by atoms with Gasteiger partial charge in [-0.3, -0.25) is 4.79 Å². The van der Waals surface area contributed by atoms with E-state index in [0.717, 1.165) is 23.5 Å². The highest BCUT2D eigenvalue weighted by atomic mass is 16.5. The number of hydrogen-bond acceptors (Lipinski definition) is 4. The van der Waals surface area contributed by atoms with Gasteiger partial charge >= 0.3 is 0 Å². The molecule has 0 aliphatic rings. The van der Waals surface area contributed by atoms with Gasteiger partial charge in [0.05, 0.1) is 19.9 Å². The van der Waals surface area contributed by atoms with Crippen molar-refractivity contribution >= 4 is 12.1 Å². The van der Waals surface area contributed by atoms with Gasteiger partial charge in [-0.05, 0) is 60.5 Å². The molecule has 0 atom stereocenters. The molecule has 5 heteroatoms. The number of nitrogens with one attached hydrogen (secondary N) is 1. The van der Waals surface area contributed by atoms with Crippen molar-refractivity contribution in [3.63, 3.8) is 0 Å². The second-order valence-electron chi connectivity index (χ2n) is 4.85. The molecule has 0 heterocycles. The summed E-state index contributed by atoms with van der Waals surface area (Å²) in [5.41, 5.74) is 3.90. The molecule has 0 unspecified atom stereocenters. The molecule has 1 N–H and O–H groups in total. The van der Waals surface area contributed by atoms with E-state index < -0.39 is 0 Å². The Kier molecular flexibility index (Phi) is 6.17. The molecule has 1 amide bonds. The molecule has 0 bridgehead atoms. The standard InChI is InChI=1S/C18H20N2O3/c1-3-12-23-17-10-6-15(7-11-17)18(21)20-19-13-14-4-8-16(22-2)9-5-14/h4-11,13H,3,12H2,1-2H3,(H,20,21)/b19-13-. The van der Waals surface area contributed by atoms with Gasteiger partial charge in [-0.2, -0.15) is 5.10 Å². The van der Waals surface area contributed by atoms with E-state index in [0.29, 0.717) is 12.2 Å². The third kappa shape index (κ3) is 5.14. The van der Waals surface area contributed by atoms with Crippen LogP contribution < -0.4 is 14.9 Å². The largest absolute Gasteiger partial charge is 0.497 e. The maximum atomic E-state index is 12.0. The molecule has 0 aromatic heterocycles. The first-order chi connectivity index (χ1) is 11.2. The van der Waals surface area contributed by atoms with Crippen molar-refractivity contribution in [2.75, 3.05) is 13.7 Å². The van der Waals surface area contributed by atoms with Crippen molar-refractivity contribution in [2.24, 2.45) is 5.10 Å². The molecule has 0 aliphatic carbocycles. The third-order valence-electron chi connectivity index (χ3n) is 3.08. The smallest absolute Gasteiger partial charge is 0.271 e. The molecule has 2 rings (SSSR count). The highest BCUT2D eigenvalue weighted by molar-refractivity contribution is 5.95. The molecule has 0 saturated carbocycles. The first-order valence-electron chi connectivity index (χ1n) is 7.43. The fraction of sp³-hybridized carbons (Fsp3) is 0.222. The van der Waals surface area contributed by atoms with Crippen LogP contribution in [-0.2, 0) is 0 Å². The summed E-state index contributed by atoms with van der Waals surface area (Å²) >= 11 is 0. The fourth-order valence-corrected chi connectivity index (χ4v) is 1.84. The van der Waals surface area contributed by atoms with Crippen LogP contribution in [0.1, 0.15) is 29.3 Å². The molecule has 0 spiro atoms. The molecule has 0 radical (unpaired) electrons. The van der Waals surface area contributed by atoms with Gasteiger partial charge in [0.15, 0.2) is 0 Å². The van der Waals surface area contributed by atoms with Crippen LogP contribution in [0.15, 0.2) is 53.6 Å². The second-order valence-corrected chi connectivity index (χ2v) is 4.85. The molecule has 5 nitrogen and oxygen atoms in total. The molecular weight excluding hydrogens is 292 g/mol. The molecule has 0 saturated heterocycles. The number of nitrogens with zero attached hydrogens (tertiary/aromatic N) is 1. The van der Waals surface area contributed by atoms with E-state index in [1.807, 2.05) is 31.2 Å². The van der Waals surface area contributed by atoms with Crippen LogP contribution in [0.3, 0.4) is 0 Å². The van der Waals surface area contributed by atoms with Gasteiger partial charge in [0.25, 0.3) is 5.91 Å². The van der Waals surface area contributed by atoms with Gasteiger partial charge in [0.2, 0.25) is 0 Å². The Balaban J connectivity index is 1.89. The van der Waals surface area contributed by atoms with Crippen LogP contribution in [0.4, 0.5) is 0 Å². The van der Waals surface area contributed by atoms with E-state index in [4.69, 9.17) is 9.47 Å². The van der Waals surface area contributed by atoms with Crippen molar-refractivity contribution < 1.29 is 14.3 Å². The van der Waals surface area contributed by atoms with Crippen molar-refractivity contribution in [2.45, 2.75) is 13.3 Å². The molecule has 0 fully saturated rings. The lowest BCUT2D eigenvalue weighted by Crippen LogP contribution is -2.17. The Labute approximate surface area is 135 Å². The Morgan fingerprint density at radius 3 is 2.35 bits per heavy atom. The van der Waals surface area contributed by atoms with Gasteiger partial charge in [-0.1, -0.05) is 6.92 Å². The number of ether oxygens (including phenoxy) is 2. The molecular formula is C18H20N2O3. The predicted molar refractivity (Wildman–Crippen MR) is 90.3 cm³/mol. The highest BCUT2D eigenvalue weighted by Crippen LogP contribution is 2.12. The molecule has 2 aromatic carbocycles. The van der Waals surface area contributed by atoms with Crippen LogP contribution in [0, 0.1) is 0 Å². The normalized spacial score (nSPS) is 10.5. The summed E-state index contributed by atoms with van der Waals surface area (Å²) in [6.07, 6.45) is 2.53. The minimum absolute atomic E-state index is 0.267.